The van der Waals surface area contributed by atoms with E-state index in [0.29, 0.717) is 18.7 Å². The molecule has 3 fully saturated rings. The summed E-state index contributed by atoms with van der Waals surface area (Å²) in [6, 6.07) is 11.2. The minimum atomic E-state index is -0.151. The van der Waals surface area contributed by atoms with E-state index in [-0.39, 0.29) is 12.1 Å². The lowest BCUT2D eigenvalue weighted by molar-refractivity contribution is 0.0196. The Hall–Kier alpha value is -1.59. The maximum Gasteiger partial charge on any atom is 0.410 e. The van der Waals surface area contributed by atoms with Crippen molar-refractivity contribution in [3.63, 3.8) is 0 Å². The van der Waals surface area contributed by atoms with Crippen molar-refractivity contribution in [2.24, 2.45) is 0 Å². The van der Waals surface area contributed by atoms with Gasteiger partial charge in [0, 0.05) is 25.2 Å². The summed E-state index contributed by atoms with van der Waals surface area (Å²) in [6.45, 7) is 4.41. The minimum absolute atomic E-state index is 0.151. The second-order valence-electron chi connectivity index (χ2n) is 7.52. The zero-order valence-electron chi connectivity index (χ0n) is 14.9. The molecule has 1 aliphatic carbocycles. The molecule has 25 heavy (non-hydrogen) atoms. The van der Waals surface area contributed by atoms with E-state index in [1.54, 1.807) is 0 Å². The number of nitrogens with zero attached hydrogens (tertiary/aromatic N) is 2. The third-order valence-corrected chi connectivity index (χ3v) is 6.01. The summed E-state index contributed by atoms with van der Waals surface area (Å²) in [5.74, 6) is 0. The predicted molar refractivity (Wildman–Crippen MR) is 97.4 cm³/mol. The van der Waals surface area contributed by atoms with Gasteiger partial charge in [0.2, 0.25) is 0 Å². The fourth-order valence-corrected chi connectivity index (χ4v) is 4.80. The quantitative estimate of drug-likeness (QED) is 0.916. The van der Waals surface area contributed by atoms with Gasteiger partial charge in [0.25, 0.3) is 0 Å². The Morgan fingerprint density at radius 1 is 1.04 bits per heavy atom. The summed E-state index contributed by atoms with van der Waals surface area (Å²) in [7, 11) is 0. The van der Waals surface area contributed by atoms with Crippen LogP contribution >= 0.6 is 0 Å². The number of rotatable bonds is 3. The third kappa shape index (κ3) is 3.67. The molecule has 1 aromatic rings. The number of amides is 1. The van der Waals surface area contributed by atoms with Gasteiger partial charge in [0.05, 0.1) is 6.04 Å². The van der Waals surface area contributed by atoms with Crippen molar-refractivity contribution in [3.8, 4) is 0 Å². The van der Waals surface area contributed by atoms with Gasteiger partial charge in [0.15, 0.2) is 0 Å². The molecule has 2 aliphatic heterocycles. The monoisotopic (exact) mass is 343 g/mol. The first kappa shape index (κ1) is 16.9. The van der Waals surface area contributed by atoms with Crippen LogP contribution in [-0.2, 0) is 11.3 Å². The van der Waals surface area contributed by atoms with Crippen molar-refractivity contribution in [2.75, 3.05) is 26.2 Å². The minimum Gasteiger partial charge on any atom is -0.445 e. The van der Waals surface area contributed by atoms with Crippen LogP contribution in [0.25, 0.3) is 0 Å². The highest BCUT2D eigenvalue weighted by atomic mass is 16.6. The van der Waals surface area contributed by atoms with Gasteiger partial charge in [-0.15, -0.1) is 0 Å². The largest absolute Gasteiger partial charge is 0.445 e. The van der Waals surface area contributed by atoms with E-state index >= 15 is 0 Å². The third-order valence-electron chi connectivity index (χ3n) is 6.01. The molecule has 2 saturated heterocycles. The lowest BCUT2D eigenvalue weighted by Gasteiger charge is -2.49. The van der Waals surface area contributed by atoms with Crippen LogP contribution in [0.3, 0.4) is 0 Å². The zero-order chi connectivity index (χ0) is 17.1. The lowest BCUT2D eigenvalue weighted by Crippen LogP contribution is -2.67. The Balaban J connectivity index is 1.40. The van der Waals surface area contributed by atoms with Crippen LogP contribution in [0.5, 0.6) is 0 Å². The van der Waals surface area contributed by atoms with Gasteiger partial charge in [-0.25, -0.2) is 4.79 Å². The van der Waals surface area contributed by atoms with E-state index in [1.807, 2.05) is 35.2 Å². The second kappa shape index (κ2) is 7.75. The van der Waals surface area contributed by atoms with Crippen molar-refractivity contribution in [3.05, 3.63) is 35.9 Å². The number of carbonyl (C=O) groups is 1. The van der Waals surface area contributed by atoms with E-state index in [1.165, 1.54) is 38.8 Å². The van der Waals surface area contributed by atoms with Crippen LogP contribution in [-0.4, -0.2) is 60.2 Å². The Bertz CT molecular complexity index is 574. The lowest BCUT2D eigenvalue weighted by atomic mass is 9.83. The van der Waals surface area contributed by atoms with Crippen LogP contribution in [0.1, 0.15) is 37.7 Å². The van der Waals surface area contributed by atoms with Crippen LogP contribution < -0.4 is 5.32 Å². The van der Waals surface area contributed by atoms with Crippen molar-refractivity contribution >= 4 is 6.09 Å². The second-order valence-corrected chi connectivity index (χ2v) is 7.52. The molecule has 3 atom stereocenters. The molecular weight excluding hydrogens is 314 g/mol. The summed E-state index contributed by atoms with van der Waals surface area (Å²) in [5.41, 5.74) is 1.04. The van der Waals surface area contributed by atoms with E-state index < -0.39 is 0 Å². The predicted octanol–water partition coefficient (Wildman–Crippen LogP) is 2.61. The number of ether oxygens (including phenoxy) is 1. The summed E-state index contributed by atoms with van der Waals surface area (Å²) in [6.07, 6.45) is 6.02. The topological polar surface area (TPSA) is 44.8 Å². The molecule has 2 heterocycles. The fraction of sp³-hybridized carbons (Fsp3) is 0.650. The van der Waals surface area contributed by atoms with Crippen LogP contribution in [0.2, 0.25) is 0 Å². The molecule has 0 radical (unpaired) electrons. The van der Waals surface area contributed by atoms with E-state index in [0.717, 1.165) is 25.1 Å². The molecule has 0 spiro atoms. The molecule has 0 bridgehead atoms. The maximum atomic E-state index is 12.7. The van der Waals surface area contributed by atoms with Crippen LogP contribution in [0.15, 0.2) is 30.3 Å². The van der Waals surface area contributed by atoms with Crippen molar-refractivity contribution in [1.82, 2.24) is 15.1 Å². The summed E-state index contributed by atoms with van der Waals surface area (Å²) < 4.78 is 5.62. The molecule has 3 aliphatic rings. The summed E-state index contributed by atoms with van der Waals surface area (Å²) in [4.78, 5) is 17.4. The molecule has 5 heteroatoms. The van der Waals surface area contributed by atoms with Crippen molar-refractivity contribution in [1.29, 1.82) is 0 Å². The maximum absolute atomic E-state index is 12.7. The van der Waals surface area contributed by atoms with E-state index in [4.69, 9.17) is 4.74 Å². The fourth-order valence-electron chi connectivity index (χ4n) is 4.80. The van der Waals surface area contributed by atoms with E-state index in [9.17, 15) is 4.79 Å². The molecule has 1 saturated carbocycles. The Morgan fingerprint density at radius 2 is 1.80 bits per heavy atom. The molecule has 0 aromatic heterocycles. The van der Waals surface area contributed by atoms with Gasteiger partial charge in [0.1, 0.15) is 6.61 Å². The highest BCUT2D eigenvalue weighted by Crippen LogP contribution is 2.31. The zero-order valence-corrected chi connectivity index (χ0v) is 14.9. The van der Waals surface area contributed by atoms with Gasteiger partial charge in [-0.2, -0.15) is 0 Å². The highest BCUT2D eigenvalue weighted by molar-refractivity contribution is 5.68. The van der Waals surface area contributed by atoms with Crippen LogP contribution in [0, 0.1) is 0 Å². The van der Waals surface area contributed by atoms with E-state index in [2.05, 4.69) is 10.2 Å². The van der Waals surface area contributed by atoms with Gasteiger partial charge >= 0.3 is 6.09 Å². The summed E-state index contributed by atoms with van der Waals surface area (Å²) >= 11 is 0. The van der Waals surface area contributed by atoms with Gasteiger partial charge < -0.3 is 15.0 Å². The molecule has 5 nitrogen and oxygen atoms in total. The number of hydrogen-bond donors (Lipinski definition) is 1. The van der Waals surface area contributed by atoms with Crippen molar-refractivity contribution < 1.29 is 9.53 Å². The Kier molecular flexibility index (Phi) is 5.22. The molecule has 0 unspecified atom stereocenters. The van der Waals surface area contributed by atoms with Gasteiger partial charge in [-0.3, -0.25) is 4.90 Å². The molecular formula is C20H29N3O2. The number of piperazine rings is 1. The SMILES string of the molecule is O=C(OCc1ccccc1)N1CCN[C@@H]2[C@@H](N3CCCC3)CCC[C@@H]21. The molecule has 136 valence electrons. The Morgan fingerprint density at radius 3 is 2.60 bits per heavy atom. The van der Waals surface area contributed by atoms with Crippen LogP contribution in [0.4, 0.5) is 4.79 Å². The number of nitrogens with one attached hydrogen (secondary N) is 1. The van der Waals surface area contributed by atoms with Gasteiger partial charge in [-0.05, 0) is 50.8 Å². The van der Waals surface area contributed by atoms with Gasteiger partial charge in [-0.1, -0.05) is 30.3 Å². The standard InChI is InChI=1S/C20H29N3O2/c24-20(25-15-16-7-2-1-3-8-16)23-14-11-21-19-17(9-6-10-18(19)23)22-12-4-5-13-22/h1-3,7-8,17-19,21H,4-6,9-15H2/t17-,18-,19+/m0/s1. The first-order valence-corrected chi connectivity index (χ1v) is 9.78. The number of hydrogen-bond acceptors (Lipinski definition) is 4. The number of carbonyl (C=O) groups excluding carboxylic acids is 1. The number of fused-ring (bicyclic) bond motifs is 1. The average Bonchev–Trinajstić information content (AvgIpc) is 3.20. The molecule has 1 aromatic carbocycles. The first-order chi connectivity index (χ1) is 12.3. The molecule has 1 amide bonds. The average molecular weight is 343 g/mol. The smallest absolute Gasteiger partial charge is 0.410 e. The number of benzene rings is 1. The number of likely N-dealkylation sites (tertiary alicyclic amines) is 1. The van der Waals surface area contributed by atoms with Crippen molar-refractivity contribution in [2.45, 2.75) is 56.8 Å². The first-order valence-electron chi connectivity index (χ1n) is 9.78. The normalized spacial score (nSPS) is 30.1. The summed E-state index contributed by atoms with van der Waals surface area (Å²) in [5, 5.41) is 3.72. The Labute approximate surface area is 150 Å². The molecule has 4 rings (SSSR count). The molecule has 1 N–H and O–H groups in total. The highest BCUT2D eigenvalue weighted by Gasteiger charge is 2.43.